The number of benzene rings is 2. The number of aromatic nitrogens is 1. The van der Waals surface area contributed by atoms with Crippen molar-refractivity contribution in [1.29, 1.82) is 0 Å². The van der Waals surface area contributed by atoms with Gasteiger partial charge in [-0.2, -0.15) is 5.10 Å². The van der Waals surface area contributed by atoms with E-state index in [2.05, 4.69) is 79.1 Å². The summed E-state index contributed by atoms with van der Waals surface area (Å²) in [5, 5.41) is 7.09. The van der Waals surface area contributed by atoms with E-state index in [9.17, 15) is 0 Å². The van der Waals surface area contributed by atoms with Crippen LogP contribution in [-0.2, 0) is 0 Å². The maximum absolute atomic E-state index is 6.44. The van der Waals surface area contributed by atoms with Crippen molar-refractivity contribution in [2.24, 2.45) is 5.10 Å². The van der Waals surface area contributed by atoms with E-state index < -0.39 is 0 Å². The van der Waals surface area contributed by atoms with E-state index in [1.807, 2.05) is 18.2 Å². The molecule has 0 bridgehead atoms. The molecule has 0 N–H and O–H groups in total. The summed E-state index contributed by atoms with van der Waals surface area (Å²) >= 11 is 7.29. The second-order valence-electron chi connectivity index (χ2n) is 7.07. The molecule has 3 aromatic rings. The monoisotopic (exact) mass is 497 g/mol. The highest BCUT2D eigenvalue weighted by atomic mass is 79.9. The zero-order valence-corrected chi connectivity index (χ0v) is 18.3. The first-order chi connectivity index (χ1) is 13.6. The summed E-state index contributed by atoms with van der Waals surface area (Å²) in [6.07, 6.45) is 4.13. The standard InChI is InChI=1S/C22H17Br2N3O/c1-13-2-4-14(5-3-13)19-12-20-17-10-16(23)11-18(24)21(17)28-22(27(20)26-19)15-6-8-25-9-7-15/h2-11,20,22H,12H2,1H3/t20-,22+/m0/s1. The molecule has 2 aliphatic heterocycles. The lowest BCUT2D eigenvalue weighted by molar-refractivity contribution is -0.0197. The van der Waals surface area contributed by atoms with Crippen molar-refractivity contribution < 1.29 is 4.74 Å². The Hall–Kier alpha value is -2.18. The topological polar surface area (TPSA) is 37.7 Å². The molecular formula is C22H17Br2N3O. The molecular weight excluding hydrogens is 482 g/mol. The molecule has 0 radical (unpaired) electrons. The average molecular weight is 499 g/mol. The van der Waals surface area contributed by atoms with Crippen molar-refractivity contribution >= 4 is 37.6 Å². The fraction of sp³-hybridized carbons (Fsp3) is 0.182. The molecule has 5 rings (SSSR count). The molecule has 0 amide bonds. The number of halogens is 2. The Labute approximate surface area is 180 Å². The zero-order chi connectivity index (χ0) is 19.3. The second-order valence-corrected chi connectivity index (χ2v) is 8.84. The van der Waals surface area contributed by atoms with E-state index >= 15 is 0 Å². The maximum Gasteiger partial charge on any atom is 0.214 e. The number of pyridine rings is 1. The minimum atomic E-state index is -0.291. The van der Waals surface area contributed by atoms with Crippen LogP contribution in [0.15, 0.2) is 75.0 Å². The van der Waals surface area contributed by atoms with Crippen LogP contribution in [0, 0.1) is 6.92 Å². The Bertz CT molecular complexity index is 1070. The number of hydrogen-bond donors (Lipinski definition) is 0. The van der Waals surface area contributed by atoms with E-state index in [4.69, 9.17) is 9.84 Å². The minimum Gasteiger partial charge on any atom is -0.463 e. The predicted molar refractivity (Wildman–Crippen MR) is 116 cm³/mol. The maximum atomic E-state index is 6.44. The van der Waals surface area contributed by atoms with Crippen molar-refractivity contribution in [2.45, 2.75) is 25.6 Å². The van der Waals surface area contributed by atoms with Gasteiger partial charge in [-0.3, -0.25) is 4.98 Å². The first kappa shape index (κ1) is 17.9. The number of aryl methyl sites for hydroxylation is 1. The average Bonchev–Trinajstić information content (AvgIpc) is 3.14. The predicted octanol–water partition coefficient (Wildman–Crippen LogP) is 6.16. The van der Waals surface area contributed by atoms with Crippen LogP contribution in [0.2, 0.25) is 0 Å². The van der Waals surface area contributed by atoms with Gasteiger partial charge in [-0.05, 0) is 52.7 Å². The Balaban J connectivity index is 1.63. The SMILES string of the molecule is Cc1ccc(C2=NN3[C@@H](c4ccncc4)Oc4c(Br)cc(Br)cc4[C@@H]3C2)cc1. The minimum absolute atomic E-state index is 0.118. The van der Waals surface area contributed by atoms with Crippen LogP contribution in [0.1, 0.15) is 40.9 Å². The summed E-state index contributed by atoms with van der Waals surface area (Å²) in [7, 11) is 0. The lowest BCUT2D eigenvalue weighted by Crippen LogP contribution is -2.33. The van der Waals surface area contributed by atoms with Crippen LogP contribution in [0.3, 0.4) is 0 Å². The number of fused-ring (bicyclic) bond motifs is 3. The van der Waals surface area contributed by atoms with Crippen LogP contribution >= 0.6 is 31.9 Å². The Morgan fingerprint density at radius 1 is 1.04 bits per heavy atom. The zero-order valence-electron chi connectivity index (χ0n) is 15.1. The van der Waals surface area contributed by atoms with Crippen molar-refractivity contribution in [1.82, 2.24) is 9.99 Å². The molecule has 0 saturated carbocycles. The van der Waals surface area contributed by atoms with Gasteiger partial charge in [0.25, 0.3) is 0 Å². The fourth-order valence-electron chi connectivity index (χ4n) is 3.78. The van der Waals surface area contributed by atoms with Crippen LogP contribution in [0.5, 0.6) is 5.75 Å². The van der Waals surface area contributed by atoms with Gasteiger partial charge in [-0.25, -0.2) is 5.01 Å². The number of nitrogens with zero attached hydrogens (tertiary/aromatic N) is 3. The third kappa shape index (κ3) is 3.05. The Morgan fingerprint density at radius 2 is 1.79 bits per heavy atom. The molecule has 2 aliphatic rings. The van der Waals surface area contributed by atoms with E-state index in [0.29, 0.717) is 0 Å². The molecule has 0 spiro atoms. The number of hydrazone groups is 1. The van der Waals surface area contributed by atoms with E-state index in [-0.39, 0.29) is 12.3 Å². The van der Waals surface area contributed by atoms with Gasteiger partial charge in [0.1, 0.15) is 5.75 Å². The molecule has 0 aliphatic carbocycles. The van der Waals surface area contributed by atoms with Gasteiger partial charge in [0.15, 0.2) is 0 Å². The summed E-state index contributed by atoms with van der Waals surface area (Å²) in [5.74, 6) is 0.881. The van der Waals surface area contributed by atoms with Crippen molar-refractivity contribution in [3.63, 3.8) is 0 Å². The van der Waals surface area contributed by atoms with Gasteiger partial charge >= 0.3 is 0 Å². The van der Waals surface area contributed by atoms with Gasteiger partial charge in [-0.15, -0.1) is 0 Å². The molecule has 4 nitrogen and oxygen atoms in total. The largest absolute Gasteiger partial charge is 0.463 e. The first-order valence-corrected chi connectivity index (χ1v) is 10.7. The lowest BCUT2D eigenvalue weighted by atomic mass is 9.95. The lowest BCUT2D eigenvalue weighted by Gasteiger charge is -2.38. The van der Waals surface area contributed by atoms with Crippen molar-refractivity contribution in [3.8, 4) is 5.75 Å². The molecule has 140 valence electrons. The van der Waals surface area contributed by atoms with Crippen LogP contribution in [0.25, 0.3) is 0 Å². The molecule has 2 aromatic carbocycles. The third-order valence-corrected chi connectivity index (χ3v) is 6.23. The first-order valence-electron chi connectivity index (χ1n) is 9.08. The molecule has 6 heteroatoms. The fourth-order valence-corrected chi connectivity index (χ4v) is 5.13. The number of ether oxygens (including phenoxy) is 1. The van der Waals surface area contributed by atoms with Crippen molar-refractivity contribution in [2.75, 3.05) is 0 Å². The molecule has 0 fully saturated rings. The summed E-state index contributed by atoms with van der Waals surface area (Å²) in [6, 6.07) is 16.8. The van der Waals surface area contributed by atoms with Gasteiger partial charge in [-0.1, -0.05) is 45.8 Å². The second kappa shape index (κ2) is 7.01. The molecule has 0 saturated heterocycles. The van der Waals surface area contributed by atoms with E-state index in [1.54, 1.807) is 12.4 Å². The Morgan fingerprint density at radius 3 is 2.54 bits per heavy atom. The highest BCUT2D eigenvalue weighted by Crippen LogP contribution is 2.50. The normalized spacial score (nSPS) is 20.2. The van der Waals surface area contributed by atoms with Gasteiger partial charge in [0.2, 0.25) is 6.23 Å². The van der Waals surface area contributed by atoms with Crippen LogP contribution < -0.4 is 4.74 Å². The molecule has 2 atom stereocenters. The number of rotatable bonds is 2. The van der Waals surface area contributed by atoms with E-state index in [0.717, 1.165) is 43.5 Å². The quantitative estimate of drug-likeness (QED) is 0.424. The summed E-state index contributed by atoms with van der Waals surface area (Å²) in [4.78, 5) is 4.14. The molecule has 1 aromatic heterocycles. The van der Waals surface area contributed by atoms with Gasteiger partial charge in [0, 0.05) is 34.4 Å². The highest BCUT2D eigenvalue weighted by Gasteiger charge is 2.41. The summed E-state index contributed by atoms with van der Waals surface area (Å²) in [6.45, 7) is 2.10. The summed E-state index contributed by atoms with van der Waals surface area (Å²) < 4.78 is 8.41. The van der Waals surface area contributed by atoms with Crippen LogP contribution in [0.4, 0.5) is 0 Å². The van der Waals surface area contributed by atoms with E-state index in [1.165, 1.54) is 5.56 Å². The highest BCUT2D eigenvalue weighted by molar-refractivity contribution is 9.11. The Kier molecular flexibility index (Phi) is 4.48. The summed E-state index contributed by atoms with van der Waals surface area (Å²) in [5.41, 5.74) is 5.66. The van der Waals surface area contributed by atoms with Crippen LogP contribution in [-0.4, -0.2) is 15.7 Å². The molecule has 0 unspecified atom stereocenters. The van der Waals surface area contributed by atoms with Gasteiger partial charge in [0.05, 0.1) is 16.2 Å². The van der Waals surface area contributed by atoms with Crippen molar-refractivity contribution in [3.05, 3.63) is 92.1 Å². The number of hydrogen-bond acceptors (Lipinski definition) is 4. The third-order valence-electron chi connectivity index (χ3n) is 5.18. The smallest absolute Gasteiger partial charge is 0.214 e. The molecule has 3 heterocycles. The molecule has 28 heavy (non-hydrogen) atoms. The van der Waals surface area contributed by atoms with Gasteiger partial charge < -0.3 is 4.74 Å².